The predicted molar refractivity (Wildman–Crippen MR) is 129 cm³/mol. The number of benzene rings is 2. The molecule has 0 bridgehead atoms. The molecule has 180 valence electrons. The SMILES string of the molecule is CC(=O)NC[C@H]1CC(c2ccc(-c3ccc(CNOCc4ccccc4C(=O)O)cc3)nc2)=NO1. The molecule has 2 heterocycles. The first-order valence-electron chi connectivity index (χ1n) is 11.2. The number of aromatic nitrogens is 1. The fourth-order valence-corrected chi connectivity index (χ4v) is 3.61. The molecule has 9 nitrogen and oxygen atoms in total. The number of nitrogens with zero attached hydrogens (tertiary/aromatic N) is 2. The van der Waals surface area contributed by atoms with Gasteiger partial charge in [-0.1, -0.05) is 47.6 Å². The van der Waals surface area contributed by atoms with E-state index in [2.05, 4.69) is 20.9 Å². The van der Waals surface area contributed by atoms with Crippen molar-refractivity contribution < 1.29 is 24.4 Å². The lowest BCUT2D eigenvalue weighted by molar-refractivity contribution is -0.119. The third kappa shape index (κ3) is 6.50. The van der Waals surface area contributed by atoms with E-state index in [0.717, 1.165) is 28.1 Å². The second-order valence-electron chi connectivity index (χ2n) is 8.11. The predicted octanol–water partition coefficient (Wildman–Crippen LogP) is 3.30. The number of hydrogen-bond donors (Lipinski definition) is 3. The Morgan fingerprint density at radius 3 is 2.57 bits per heavy atom. The van der Waals surface area contributed by atoms with Gasteiger partial charge in [0.25, 0.3) is 0 Å². The summed E-state index contributed by atoms with van der Waals surface area (Å²) in [5.41, 5.74) is 8.24. The molecule has 0 aliphatic carbocycles. The fraction of sp³-hybridized carbons (Fsp3) is 0.231. The van der Waals surface area contributed by atoms with Gasteiger partial charge in [-0.15, -0.1) is 0 Å². The molecule has 3 N–H and O–H groups in total. The monoisotopic (exact) mass is 474 g/mol. The number of nitrogens with one attached hydrogen (secondary N) is 2. The van der Waals surface area contributed by atoms with Crippen LogP contribution in [0.25, 0.3) is 11.3 Å². The molecule has 9 heteroatoms. The van der Waals surface area contributed by atoms with Gasteiger partial charge in [0.05, 0.1) is 30.1 Å². The number of oxime groups is 1. The average molecular weight is 475 g/mol. The minimum atomic E-state index is -0.975. The maximum Gasteiger partial charge on any atom is 0.336 e. The molecule has 4 rings (SSSR count). The minimum Gasteiger partial charge on any atom is -0.478 e. The molecule has 35 heavy (non-hydrogen) atoms. The molecule has 0 saturated carbocycles. The van der Waals surface area contributed by atoms with Crippen LogP contribution in [0, 0.1) is 0 Å². The molecule has 0 fully saturated rings. The van der Waals surface area contributed by atoms with Crippen molar-refractivity contribution in [2.75, 3.05) is 6.54 Å². The first kappa shape index (κ1) is 24.1. The van der Waals surface area contributed by atoms with Crippen molar-refractivity contribution in [2.24, 2.45) is 5.16 Å². The number of carbonyl (C=O) groups excluding carboxylic acids is 1. The van der Waals surface area contributed by atoms with Crippen LogP contribution in [0.3, 0.4) is 0 Å². The number of pyridine rings is 1. The van der Waals surface area contributed by atoms with Crippen LogP contribution in [0.4, 0.5) is 0 Å². The third-order valence-electron chi connectivity index (χ3n) is 5.51. The van der Waals surface area contributed by atoms with E-state index < -0.39 is 5.97 Å². The number of carbonyl (C=O) groups is 2. The van der Waals surface area contributed by atoms with E-state index in [-0.39, 0.29) is 24.2 Å². The Bertz CT molecular complexity index is 1210. The van der Waals surface area contributed by atoms with Crippen LogP contribution >= 0.6 is 0 Å². The smallest absolute Gasteiger partial charge is 0.336 e. The van der Waals surface area contributed by atoms with Crippen molar-refractivity contribution >= 4 is 17.6 Å². The summed E-state index contributed by atoms with van der Waals surface area (Å²) in [5.74, 6) is -1.07. The Balaban J connectivity index is 1.27. The van der Waals surface area contributed by atoms with Crippen LogP contribution in [0.15, 0.2) is 72.0 Å². The molecule has 1 amide bonds. The van der Waals surface area contributed by atoms with E-state index in [1.807, 2.05) is 36.4 Å². The Kier molecular flexibility index (Phi) is 7.81. The summed E-state index contributed by atoms with van der Waals surface area (Å²) in [6, 6.07) is 18.6. The zero-order valence-electron chi connectivity index (χ0n) is 19.2. The molecule has 0 unspecified atom stereocenters. The van der Waals surface area contributed by atoms with Crippen LogP contribution < -0.4 is 10.8 Å². The lowest BCUT2D eigenvalue weighted by Crippen LogP contribution is -2.30. The topological polar surface area (TPSA) is 122 Å². The highest BCUT2D eigenvalue weighted by Crippen LogP contribution is 2.21. The summed E-state index contributed by atoms with van der Waals surface area (Å²) in [5, 5.41) is 16.1. The van der Waals surface area contributed by atoms with Crippen molar-refractivity contribution in [3.63, 3.8) is 0 Å². The standard InChI is InChI=1S/C26H26N4O5/c1-17(31)27-15-22-12-25(30-35-22)20-10-11-24(28-14-20)19-8-6-18(7-9-19)13-29-34-16-21-4-2-3-5-23(21)26(32)33/h2-11,14,22,29H,12-13,15-16H2,1H3,(H,27,31)(H,32,33)/t22-/m1/s1. The molecule has 1 aliphatic rings. The van der Waals surface area contributed by atoms with Gasteiger partial charge in [-0.3, -0.25) is 14.6 Å². The Morgan fingerprint density at radius 1 is 1.09 bits per heavy atom. The van der Waals surface area contributed by atoms with Crippen LogP contribution in [0.5, 0.6) is 0 Å². The normalized spacial score (nSPS) is 14.8. The molecule has 0 radical (unpaired) electrons. The first-order valence-corrected chi connectivity index (χ1v) is 11.2. The van der Waals surface area contributed by atoms with Crippen molar-refractivity contribution in [1.29, 1.82) is 0 Å². The van der Waals surface area contributed by atoms with Crippen molar-refractivity contribution in [3.05, 3.63) is 89.1 Å². The van der Waals surface area contributed by atoms with E-state index in [4.69, 9.17) is 9.68 Å². The Hall–Kier alpha value is -4.08. The van der Waals surface area contributed by atoms with Crippen LogP contribution in [0.1, 0.15) is 40.4 Å². The zero-order chi connectivity index (χ0) is 24.6. The number of rotatable bonds is 10. The average Bonchev–Trinajstić information content (AvgIpc) is 3.35. The molecule has 1 aliphatic heterocycles. The molecule has 0 saturated heterocycles. The third-order valence-corrected chi connectivity index (χ3v) is 5.51. The van der Waals surface area contributed by atoms with Crippen LogP contribution in [0.2, 0.25) is 0 Å². The molecular formula is C26H26N4O5. The summed E-state index contributed by atoms with van der Waals surface area (Å²) in [7, 11) is 0. The van der Waals surface area contributed by atoms with Gasteiger partial charge < -0.3 is 15.3 Å². The van der Waals surface area contributed by atoms with Crippen molar-refractivity contribution in [1.82, 2.24) is 15.8 Å². The number of hydroxylamine groups is 1. The van der Waals surface area contributed by atoms with E-state index in [1.54, 1.807) is 30.5 Å². The fourth-order valence-electron chi connectivity index (χ4n) is 3.61. The van der Waals surface area contributed by atoms with E-state index >= 15 is 0 Å². The van der Waals surface area contributed by atoms with Gasteiger partial charge >= 0.3 is 5.97 Å². The maximum absolute atomic E-state index is 11.3. The quantitative estimate of drug-likeness (QED) is 0.304. The van der Waals surface area contributed by atoms with Crippen LogP contribution in [-0.2, 0) is 27.6 Å². The number of carboxylic acid groups (broad SMARTS) is 1. The van der Waals surface area contributed by atoms with Crippen molar-refractivity contribution in [2.45, 2.75) is 32.6 Å². The van der Waals surface area contributed by atoms with Crippen molar-refractivity contribution in [3.8, 4) is 11.3 Å². The number of aromatic carboxylic acids is 1. The van der Waals surface area contributed by atoms with Gasteiger partial charge in [-0.25, -0.2) is 4.79 Å². The lowest BCUT2D eigenvalue weighted by atomic mass is 10.0. The molecular weight excluding hydrogens is 448 g/mol. The lowest BCUT2D eigenvalue weighted by Gasteiger charge is -2.09. The van der Waals surface area contributed by atoms with E-state index in [0.29, 0.717) is 25.1 Å². The Morgan fingerprint density at radius 2 is 1.86 bits per heavy atom. The van der Waals surface area contributed by atoms with Gasteiger partial charge in [0.1, 0.15) is 6.10 Å². The van der Waals surface area contributed by atoms with E-state index in [9.17, 15) is 14.7 Å². The minimum absolute atomic E-state index is 0.0936. The molecule has 1 atom stereocenters. The van der Waals surface area contributed by atoms with Gasteiger partial charge in [-0.05, 0) is 29.3 Å². The molecule has 3 aromatic rings. The highest BCUT2D eigenvalue weighted by molar-refractivity contribution is 6.01. The summed E-state index contributed by atoms with van der Waals surface area (Å²) in [6.07, 6.45) is 2.23. The van der Waals surface area contributed by atoms with E-state index in [1.165, 1.54) is 6.92 Å². The summed E-state index contributed by atoms with van der Waals surface area (Å²) >= 11 is 0. The maximum atomic E-state index is 11.3. The molecule has 1 aromatic heterocycles. The van der Waals surface area contributed by atoms with Gasteiger partial charge in [-0.2, -0.15) is 5.48 Å². The second-order valence-corrected chi connectivity index (χ2v) is 8.11. The summed E-state index contributed by atoms with van der Waals surface area (Å²) in [4.78, 5) is 37.7. The largest absolute Gasteiger partial charge is 0.478 e. The Labute approximate surface area is 202 Å². The number of amides is 1. The van der Waals surface area contributed by atoms with Gasteiger partial charge in [0.2, 0.25) is 5.91 Å². The van der Waals surface area contributed by atoms with Gasteiger partial charge in [0.15, 0.2) is 0 Å². The number of carboxylic acids is 1. The van der Waals surface area contributed by atoms with Gasteiger partial charge in [0, 0.05) is 37.2 Å². The second kappa shape index (κ2) is 11.4. The first-order chi connectivity index (χ1) is 17.0. The highest BCUT2D eigenvalue weighted by Gasteiger charge is 2.22. The zero-order valence-corrected chi connectivity index (χ0v) is 19.2. The summed E-state index contributed by atoms with van der Waals surface area (Å²) < 4.78 is 0. The van der Waals surface area contributed by atoms with Crippen LogP contribution in [-0.4, -0.2) is 40.3 Å². The molecule has 0 spiro atoms. The molecule has 2 aromatic carbocycles. The highest BCUT2D eigenvalue weighted by atomic mass is 16.6. The summed E-state index contributed by atoms with van der Waals surface area (Å²) in [6.45, 7) is 2.53. The number of hydrogen-bond acceptors (Lipinski definition) is 7.